The Bertz CT molecular complexity index is 470. The molecule has 1 N–H and O–H groups in total. The predicted octanol–water partition coefficient (Wildman–Crippen LogP) is 2.04. The molecule has 0 aliphatic heterocycles. The van der Waals surface area contributed by atoms with Crippen molar-refractivity contribution >= 4 is 5.82 Å². The summed E-state index contributed by atoms with van der Waals surface area (Å²) < 4.78 is 1.87. The van der Waals surface area contributed by atoms with Gasteiger partial charge in [0.05, 0.1) is 6.20 Å². The molecule has 0 spiro atoms. The van der Waals surface area contributed by atoms with Crippen molar-refractivity contribution in [3.05, 3.63) is 41.3 Å². The molecule has 0 amide bonds. The number of aromatic nitrogens is 3. The van der Waals surface area contributed by atoms with E-state index in [-0.39, 0.29) is 0 Å². The van der Waals surface area contributed by atoms with Gasteiger partial charge in [-0.05, 0) is 25.5 Å². The SMILES string of the molecule is Cc1ccc(NCc2cnn(C)c2C)nc1. The summed E-state index contributed by atoms with van der Waals surface area (Å²) in [5, 5.41) is 7.48. The summed E-state index contributed by atoms with van der Waals surface area (Å²) in [4.78, 5) is 4.29. The zero-order chi connectivity index (χ0) is 11.5. The van der Waals surface area contributed by atoms with E-state index in [1.165, 1.54) is 16.8 Å². The Morgan fingerprint density at radius 2 is 2.06 bits per heavy atom. The molecular formula is C12H16N4. The van der Waals surface area contributed by atoms with Gasteiger partial charge in [0, 0.05) is 31.0 Å². The molecule has 2 heterocycles. The lowest BCUT2D eigenvalue weighted by Crippen LogP contribution is -2.02. The number of hydrogen-bond acceptors (Lipinski definition) is 3. The first-order valence-corrected chi connectivity index (χ1v) is 5.31. The molecular weight excluding hydrogens is 200 g/mol. The lowest BCUT2D eigenvalue weighted by atomic mass is 10.2. The lowest BCUT2D eigenvalue weighted by Gasteiger charge is -2.05. The van der Waals surface area contributed by atoms with Crippen molar-refractivity contribution in [3.8, 4) is 0 Å². The standard InChI is InChI=1S/C12H16N4/c1-9-4-5-12(13-6-9)14-7-11-8-15-16(3)10(11)2/h4-6,8H,7H2,1-3H3,(H,13,14). The van der Waals surface area contributed by atoms with Crippen LogP contribution in [0.15, 0.2) is 24.5 Å². The molecule has 0 bridgehead atoms. The topological polar surface area (TPSA) is 42.7 Å². The minimum absolute atomic E-state index is 0.760. The molecule has 0 radical (unpaired) electrons. The second kappa shape index (κ2) is 4.35. The molecule has 4 nitrogen and oxygen atoms in total. The Hall–Kier alpha value is -1.84. The van der Waals surface area contributed by atoms with Crippen LogP contribution in [0.3, 0.4) is 0 Å². The van der Waals surface area contributed by atoms with Crippen molar-refractivity contribution in [2.75, 3.05) is 5.32 Å². The van der Waals surface area contributed by atoms with E-state index < -0.39 is 0 Å². The fraction of sp³-hybridized carbons (Fsp3) is 0.333. The zero-order valence-corrected chi connectivity index (χ0v) is 9.86. The number of rotatable bonds is 3. The highest BCUT2D eigenvalue weighted by atomic mass is 15.3. The van der Waals surface area contributed by atoms with Gasteiger partial charge < -0.3 is 5.32 Å². The predicted molar refractivity (Wildman–Crippen MR) is 64.2 cm³/mol. The number of anilines is 1. The summed E-state index contributed by atoms with van der Waals surface area (Å²) in [6.45, 7) is 4.85. The molecule has 0 aliphatic rings. The van der Waals surface area contributed by atoms with Crippen LogP contribution < -0.4 is 5.32 Å². The Kier molecular flexibility index (Phi) is 2.90. The van der Waals surface area contributed by atoms with Crippen LogP contribution >= 0.6 is 0 Å². The highest BCUT2D eigenvalue weighted by molar-refractivity contribution is 5.36. The van der Waals surface area contributed by atoms with E-state index in [9.17, 15) is 0 Å². The summed E-state index contributed by atoms with van der Waals surface area (Å²) in [5.41, 5.74) is 3.55. The van der Waals surface area contributed by atoms with Crippen LogP contribution in [0.25, 0.3) is 0 Å². The van der Waals surface area contributed by atoms with E-state index >= 15 is 0 Å². The van der Waals surface area contributed by atoms with Crippen LogP contribution in [-0.2, 0) is 13.6 Å². The van der Waals surface area contributed by atoms with Crippen LogP contribution in [0, 0.1) is 13.8 Å². The Labute approximate surface area is 95.3 Å². The van der Waals surface area contributed by atoms with E-state index in [1.807, 2.05) is 43.2 Å². The maximum absolute atomic E-state index is 4.29. The van der Waals surface area contributed by atoms with Gasteiger partial charge in [-0.3, -0.25) is 4.68 Å². The van der Waals surface area contributed by atoms with Crippen LogP contribution in [0.4, 0.5) is 5.82 Å². The summed E-state index contributed by atoms with van der Waals surface area (Å²) in [7, 11) is 1.95. The van der Waals surface area contributed by atoms with Crippen molar-refractivity contribution in [1.29, 1.82) is 0 Å². The van der Waals surface area contributed by atoms with E-state index in [0.717, 1.165) is 12.4 Å². The molecule has 2 rings (SSSR count). The number of nitrogens with zero attached hydrogens (tertiary/aromatic N) is 3. The zero-order valence-electron chi connectivity index (χ0n) is 9.86. The number of nitrogens with one attached hydrogen (secondary N) is 1. The van der Waals surface area contributed by atoms with Crippen molar-refractivity contribution in [2.24, 2.45) is 7.05 Å². The number of pyridine rings is 1. The monoisotopic (exact) mass is 216 g/mol. The van der Waals surface area contributed by atoms with Crippen LogP contribution in [-0.4, -0.2) is 14.8 Å². The van der Waals surface area contributed by atoms with Gasteiger partial charge in [-0.2, -0.15) is 5.10 Å². The van der Waals surface area contributed by atoms with Crippen LogP contribution in [0.1, 0.15) is 16.8 Å². The third-order valence-corrected chi connectivity index (χ3v) is 2.71. The third-order valence-electron chi connectivity index (χ3n) is 2.71. The minimum Gasteiger partial charge on any atom is -0.366 e. The van der Waals surface area contributed by atoms with Gasteiger partial charge in [-0.25, -0.2) is 4.98 Å². The summed E-state index contributed by atoms with van der Waals surface area (Å²) >= 11 is 0. The summed E-state index contributed by atoms with van der Waals surface area (Å²) in [6.07, 6.45) is 3.74. The smallest absolute Gasteiger partial charge is 0.126 e. The van der Waals surface area contributed by atoms with Gasteiger partial charge in [0.1, 0.15) is 5.82 Å². The fourth-order valence-corrected chi connectivity index (χ4v) is 1.48. The first-order chi connectivity index (χ1) is 7.66. The van der Waals surface area contributed by atoms with Gasteiger partial charge in [-0.15, -0.1) is 0 Å². The van der Waals surface area contributed by atoms with E-state index in [0.29, 0.717) is 0 Å². The maximum Gasteiger partial charge on any atom is 0.126 e. The lowest BCUT2D eigenvalue weighted by molar-refractivity contribution is 0.738. The minimum atomic E-state index is 0.760. The summed E-state index contributed by atoms with van der Waals surface area (Å²) in [5.74, 6) is 0.897. The van der Waals surface area contributed by atoms with Crippen molar-refractivity contribution < 1.29 is 0 Å². The van der Waals surface area contributed by atoms with Crippen LogP contribution in [0.2, 0.25) is 0 Å². The van der Waals surface area contributed by atoms with Gasteiger partial charge in [-0.1, -0.05) is 6.07 Å². The molecule has 2 aromatic rings. The van der Waals surface area contributed by atoms with Crippen molar-refractivity contribution in [1.82, 2.24) is 14.8 Å². The normalized spacial score (nSPS) is 10.4. The average molecular weight is 216 g/mol. The Balaban J connectivity index is 2.02. The molecule has 0 atom stereocenters. The van der Waals surface area contributed by atoms with Gasteiger partial charge in [0.15, 0.2) is 0 Å². The fourth-order valence-electron chi connectivity index (χ4n) is 1.48. The van der Waals surface area contributed by atoms with Crippen molar-refractivity contribution in [3.63, 3.8) is 0 Å². The molecule has 0 saturated heterocycles. The molecule has 0 unspecified atom stereocenters. The Morgan fingerprint density at radius 3 is 2.62 bits per heavy atom. The molecule has 2 aromatic heterocycles. The van der Waals surface area contributed by atoms with Gasteiger partial charge in [0.25, 0.3) is 0 Å². The molecule has 84 valence electrons. The number of aryl methyl sites for hydroxylation is 2. The highest BCUT2D eigenvalue weighted by Crippen LogP contribution is 2.09. The average Bonchev–Trinajstić information content (AvgIpc) is 2.60. The summed E-state index contributed by atoms with van der Waals surface area (Å²) in [6, 6.07) is 4.03. The second-order valence-corrected chi connectivity index (χ2v) is 3.95. The van der Waals surface area contributed by atoms with E-state index in [2.05, 4.69) is 22.3 Å². The molecule has 0 saturated carbocycles. The molecule has 4 heteroatoms. The Morgan fingerprint density at radius 1 is 1.25 bits per heavy atom. The van der Waals surface area contributed by atoms with Crippen LogP contribution in [0.5, 0.6) is 0 Å². The highest BCUT2D eigenvalue weighted by Gasteiger charge is 2.03. The maximum atomic E-state index is 4.29. The van der Waals surface area contributed by atoms with E-state index in [4.69, 9.17) is 0 Å². The molecule has 0 aromatic carbocycles. The largest absolute Gasteiger partial charge is 0.366 e. The first-order valence-electron chi connectivity index (χ1n) is 5.31. The van der Waals surface area contributed by atoms with E-state index in [1.54, 1.807) is 0 Å². The molecule has 0 fully saturated rings. The molecule has 0 aliphatic carbocycles. The number of hydrogen-bond donors (Lipinski definition) is 1. The molecule has 16 heavy (non-hydrogen) atoms. The third kappa shape index (κ3) is 2.21. The quantitative estimate of drug-likeness (QED) is 0.853. The van der Waals surface area contributed by atoms with Gasteiger partial charge in [0.2, 0.25) is 0 Å². The second-order valence-electron chi connectivity index (χ2n) is 3.95. The van der Waals surface area contributed by atoms with Crippen molar-refractivity contribution in [2.45, 2.75) is 20.4 Å². The van der Waals surface area contributed by atoms with Gasteiger partial charge >= 0.3 is 0 Å². The first kappa shape index (κ1) is 10.7.